The largest absolute Gasteiger partial charge is 0.382 e. The summed E-state index contributed by atoms with van der Waals surface area (Å²) in [6.45, 7) is 6.30. The van der Waals surface area contributed by atoms with E-state index >= 15 is 0 Å². The third kappa shape index (κ3) is 4.40. The summed E-state index contributed by atoms with van der Waals surface area (Å²) in [7, 11) is 3.47. The van der Waals surface area contributed by atoms with E-state index in [0.717, 1.165) is 18.4 Å². The molecule has 0 aromatic rings. The van der Waals surface area contributed by atoms with Crippen LogP contribution in [0.4, 0.5) is 0 Å². The van der Waals surface area contributed by atoms with Gasteiger partial charge in [0.15, 0.2) is 0 Å². The van der Waals surface area contributed by atoms with Crippen molar-refractivity contribution in [2.45, 2.75) is 45.3 Å². The molecule has 1 N–H and O–H groups in total. The van der Waals surface area contributed by atoms with E-state index in [4.69, 9.17) is 9.47 Å². The van der Waals surface area contributed by atoms with Gasteiger partial charge >= 0.3 is 0 Å². The summed E-state index contributed by atoms with van der Waals surface area (Å²) in [6, 6.07) is 0.667. The quantitative estimate of drug-likeness (QED) is 0.756. The van der Waals surface area contributed by atoms with Crippen LogP contribution in [0.3, 0.4) is 0 Å². The maximum atomic E-state index is 5.34. The zero-order valence-electron chi connectivity index (χ0n) is 11.2. The van der Waals surface area contributed by atoms with Crippen LogP contribution in [-0.4, -0.2) is 39.5 Å². The second kappa shape index (κ2) is 7.25. The van der Waals surface area contributed by atoms with Crippen LogP contribution in [0.2, 0.25) is 0 Å². The molecule has 0 heterocycles. The molecule has 4 unspecified atom stereocenters. The van der Waals surface area contributed by atoms with Crippen molar-refractivity contribution >= 4 is 0 Å². The molecule has 0 spiro atoms. The maximum absolute atomic E-state index is 5.34. The predicted octanol–water partition coefficient (Wildman–Crippen LogP) is 2.06. The molecule has 1 saturated carbocycles. The number of methoxy groups -OCH3 is 2. The second-order valence-electron chi connectivity index (χ2n) is 5.19. The van der Waals surface area contributed by atoms with Gasteiger partial charge in [-0.1, -0.05) is 13.8 Å². The van der Waals surface area contributed by atoms with Gasteiger partial charge in [-0.25, -0.2) is 0 Å². The lowest BCUT2D eigenvalue weighted by Crippen LogP contribution is -2.41. The second-order valence-corrected chi connectivity index (χ2v) is 5.19. The van der Waals surface area contributed by atoms with E-state index in [9.17, 15) is 0 Å². The number of hydrogen-bond donors (Lipinski definition) is 1. The Morgan fingerprint density at radius 2 is 1.94 bits per heavy atom. The van der Waals surface area contributed by atoms with Crippen molar-refractivity contribution in [3.63, 3.8) is 0 Å². The summed E-state index contributed by atoms with van der Waals surface area (Å²) in [6.07, 6.45) is 4.12. The molecular formula is C13H27NO2. The number of ether oxygens (including phenoxy) is 2. The monoisotopic (exact) mass is 229 g/mol. The lowest BCUT2D eigenvalue weighted by molar-refractivity contribution is 0.0256. The Morgan fingerprint density at radius 3 is 2.50 bits per heavy atom. The molecule has 0 aliphatic heterocycles. The highest BCUT2D eigenvalue weighted by molar-refractivity contribution is 4.80. The fraction of sp³-hybridized carbons (Fsp3) is 1.00. The maximum Gasteiger partial charge on any atom is 0.0928 e. The van der Waals surface area contributed by atoms with Crippen molar-refractivity contribution in [3.8, 4) is 0 Å². The standard InChI is InChI=1S/C13H27NO2/c1-10-5-6-12(7-11(10)2)14-8-13(16-4)9-15-3/h10-14H,5-9H2,1-4H3. The minimum atomic E-state index is 0.180. The highest BCUT2D eigenvalue weighted by Gasteiger charge is 2.24. The van der Waals surface area contributed by atoms with Crippen LogP contribution in [0.5, 0.6) is 0 Å². The summed E-state index contributed by atoms with van der Waals surface area (Å²) in [4.78, 5) is 0. The Labute approximate surface area is 99.9 Å². The van der Waals surface area contributed by atoms with Crippen LogP contribution in [0.1, 0.15) is 33.1 Å². The fourth-order valence-corrected chi connectivity index (χ4v) is 2.43. The van der Waals surface area contributed by atoms with E-state index in [0.29, 0.717) is 12.6 Å². The van der Waals surface area contributed by atoms with Crippen molar-refractivity contribution in [1.82, 2.24) is 5.32 Å². The minimum Gasteiger partial charge on any atom is -0.382 e. The van der Waals surface area contributed by atoms with E-state index in [2.05, 4.69) is 19.2 Å². The van der Waals surface area contributed by atoms with Crippen molar-refractivity contribution in [1.29, 1.82) is 0 Å². The van der Waals surface area contributed by atoms with Gasteiger partial charge in [-0.15, -0.1) is 0 Å². The molecular weight excluding hydrogens is 202 g/mol. The van der Waals surface area contributed by atoms with E-state index in [1.165, 1.54) is 19.3 Å². The van der Waals surface area contributed by atoms with Gasteiger partial charge in [-0.2, -0.15) is 0 Å². The molecule has 0 amide bonds. The third-order valence-electron chi connectivity index (χ3n) is 3.92. The Kier molecular flexibility index (Phi) is 6.32. The number of rotatable bonds is 6. The Balaban J connectivity index is 2.21. The van der Waals surface area contributed by atoms with Gasteiger partial charge in [-0.3, -0.25) is 0 Å². The molecule has 0 bridgehead atoms. The van der Waals surface area contributed by atoms with Gasteiger partial charge in [0.1, 0.15) is 0 Å². The van der Waals surface area contributed by atoms with Gasteiger partial charge < -0.3 is 14.8 Å². The van der Waals surface area contributed by atoms with Crippen LogP contribution in [0.15, 0.2) is 0 Å². The first-order chi connectivity index (χ1) is 7.67. The molecule has 1 fully saturated rings. The molecule has 3 heteroatoms. The topological polar surface area (TPSA) is 30.5 Å². The fourth-order valence-electron chi connectivity index (χ4n) is 2.43. The Bertz CT molecular complexity index is 187. The van der Waals surface area contributed by atoms with Crippen LogP contribution in [-0.2, 0) is 9.47 Å². The molecule has 4 atom stereocenters. The molecule has 0 aromatic carbocycles. The molecule has 1 aliphatic carbocycles. The summed E-state index contributed by atoms with van der Waals surface area (Å²) in [5.41, 5.74) is 0. The summed E-state index contributed by atoms with van der Waals surface area (Å²) in [5, 5.41) is 3.60. The lowest BCUT2D eigenvalue weighted by atomic mass is 9.79. The first kappa shape index (κ1) is 13.9. The van der Waals surface area contributed by atoms with Gasteiger partial charge in [0, 0.05) is 26.8 Å². The molecule has 0 saturated heterocycles. The van der Waals surface area contributed by atoms with Crippen molar-refractivity contribution in [2.75, 3.05) is 27.4 Å². The van der Waals surface area contributed by atoms with E-state index in [1.54, 1.807) is 14.2 Å². The van der Waals surface area contributed by atoms with E-state index in [1.807, 2.05) is 0 Å². The highest BCUT2D eigenvalue weighted by atomic mass is 16.5. The van der Waals surface area contributed by atoms with Crippen molar-refractivity contribution in [2.24, 2.45) is 11.8 Å². The Hall–Kier alpha value is -0.120. The predicted molar refractivity (Wildman–Crippen MR) is 66.6 cm³/mol. The van der Waals surface area contributed by atoms with Crippen molar-refractivity contribution < 1.29 is 9.47 Å². The third-order valence-corrected chi connectivity index (χ3v) is 3.92. The first-order valence-corrected chi connectivity index (χ1v) is 6.42. The van der Waals surface area contributed by atoms with Crippen molar-refractivity contribution in [3.05, 3.63) is 0 Å². The summed E-state index contributed by atoms with van der Waals surface area (Å²) >= 11 is 0. The zero-order valence-corrected chi connectivity index (χ0v) is 11.2. The smallest absolute Gasteiger partial charge is 0.0928 e. The van der Waals surface area contributed by atoms with Crippen LogP contribution in [0.25, 0.3) is 0 Å². The van der Waals surface area contributed by atoms with Crippen LogP contribution in [0, 0.1) is 11.8 Å². The molecule has 3 nitrogen and oxygen atoms in total. The molecule has 0 radical (unpaired) electrons. The summed E-state index contributed by atoms with van der Waals surface area (Å²) < 4.78 is 10.5. The normalized spacial score (nSPS) is 32.6. The van der Waals surface area contributed by atoms with Gasteiger partial charge in [0.2, 0.25) is 0 Å². The average molecular weight is 229 g/mol. The van der Waals surface area contributed by atoms with E-state index < -0.39 is 0 Å². The first-order valence-electron chi connectivity index (χ1n) is 6.42. The molecule has 0 aromatic heterocycles. The summed E-state index contributed by atoms with van der Waals surface area (Å²) in [5.74, 6) is 1.73. The Morgan fingerprint density at radius 1 is 1.19 bits per heavy atom. The van der Waals surface area contributed by atoms with E-state index in [-0.39, 0.29) is 6.10 Å². The molecule has 1 aliphatic rings. The van der Waals surface area contributed by atoms with Gasteiger partial charge in [0.25, 0.3) is 0 Å². The van der Waals surface area contributed by atoms with Crippen LogP contribution >= 0.6 is 0 Å². The zero-order chi connectivity index (χ0) is 12.0. The SMILES string of the molecule is COCC(CNC1CCC(C)C(C)C1)OC. The number of hydrogen-bond acceptors (Lipinski definition) is 3. The van der Waals surface area contributed by atoms with Gasteiger partial charge in [-0.05, 0) is 31.1 Å². The van der Waals surface area contributed by atoms with Gasteiger partial charge in [0.05, 0.1) is 12.7 Å². The average Bonchev–Trinajstić information content (AvgIpc) is 2.28. The van der Waals surface area contributed by atoms with Crippen LogP contribution < -0.4 is 5.32 Å². The number of nitrogens with one attached hydrogen (secondary N) is 1. The molecule has 16 heavy (non-hydrogen) atoms. The lowest BCUT2D eigenvalue weighted by Gasteiger charge is -2.33. The molecule has 1 rings (SSSR count). The molecule has 96 valence electrons. The minimum absolute atomic E-state index is 0.180. The highest BCUT2D eigenvalue weighted by Crippen LogP contribution is 2.29.